The molecule has 1 unspecified atom stereocenters. The molecule has 17 heteroatoms. The van der Waals surface area contributed by atoms with Crippen LogP contribution in [0.4, 0.5) is 17.3 Å². The molecule has 294 valence electrons. The average Bonchev–Trinajstić information content (AvgIpc) is 3.99. The molecule has 8 rings (SSSR count). The third-order valence-corrected chi connectivity index (χ3v) is 11.2. The highest BCUT2D eigenvalue weighted by Gasteiger charge is 2.45. The number of nitrogens with one attached hydrogen (secondary N) is 2. The number of fused-ring (bicyclic) bond motifs is 2. The first-order valence-corrected chi connectivity index (χ1v) is 19.3. The van der Waals surface area contributed by atoms with Gasteiger partial charge in [-0.15, -0.1) is 10.2 Å². The fourth-order valence-corrected chi connectivity index (χ4v) is 8.10. The van der Waals surface area contributed by atoms with E-state index in [-0.39, 0.29) is 61.3 Å². The monoisotopic (exact) mass is 773 g/mol. The van der Waals surface area contributed by atoms with Crippen LogP contribution in [0.2, 0.25) is 0 Å². The molecule has 57 heavy (non-hydrogen) atoms. The second-order valence-electron chi connectivity index (χ2n) is 14.8. The van der Waals surface area contributed by atoms with E-state index in [2.05, 4.69) is 32.7 Å². The molecule has 0 bridgehead atoms. The van der Waals surface area contributed by atoms with Crippen LogP contribution in [-0.2, 0) is 34.0 Å². The van der Waals surface area contributed by atoms with Gasteiger partial charge in [-0.2, -0.15) is 0 Å². The molecule has 4 aliphatic heterocycles. The van der Waals surface area contributed by atoms with E-state index in [1.807, 2.05) is 29.7 Å². The number of hydrogen-bond donors (Lipinski definition) is 2. The number of amides is 6. The van der Waals surface area contributed by atoms with Crippen LogP contribution < -0.4 is 20.4 Å². The lowest BCUT2D eigenvalue weighted by Crippen LogP contribution is -2.54. The van der Waals surface area contributed by atoms with Crippen molar-refractivity contribution in [2.45, 2.75) is 84.1 Å². The number of aromatic nitrogens is 5. The molecule has 2 atom stereocenters. The van der Waals surface area contributed by atoms with Gasteiger partial charge in [0.05, 0.1) is 35.5 Å². The first kappa shape index (κ1) is 37.4. The zero-order valence-electron chi connectivity index (χ0n) is 32.0. The number of pyridine rings is 2. The maximum absolute atomic E-state index is 14.1. The molecule has 2 fully saturated rings. The maximum atomic E-state index is 14.1. The molecule has 1 aromatic carbocycles. The fourth-order valence-electron chi connectivity index (χ4n) is 8.10. The highest BCUT2D eigenvalue weighted by Crippen LogP contribution is 2.35. The Hall–Kier alpha value is -6.52. The summed E-state index contributed by atoms with van der Waals surface area (Å²) in [5, 5.41) is 13.7. The van der Waals surface area contributed by atoms with Gasteiger partial charge < -0.3 is 19.7 Å². The summed E-state index contributed by atoms with van der Waals surface area (Å²) in [6.45, 7) is 6.41. The van der Waals surface area contributed by atoms with Gasteiger partial charge in [0.15, 0.2) is 5.82 Å². The van der Waals surface area contributed by atoms with Crippen LogP contribution in [0.1, 0.15) is 94.7 Å². The fraction of sp³-hybridized carbons (Fsp3) is 0.400. The lowest BCUT2D eigenvalue weighted by atomic mass is 10.0. The molecule has 7 heterocycles. The van der Waals surface area contributed by atoms with E-state index in [9.17, 15) is 28.8 Å². The number of aryl methyl sites for hydroxylation is 1. The van der Waals surface area contributed by atoms with Crippen molar-refractivity contribution in [2.75, 3.05) is 35.3 Å². The third-order valence-electron chi connectivity index (χ3n) is 11.2. The molecule has 2 N–H and O–H groups in total. The Balaban J connectivity index is 0.951. The quantitative estimate of drug-likeness (QED) is 0.158. The minimum atomic E-state index is -1.06. The van der Waals surface area contributed by atoms with Crippen molar-refractivity contribution in [2.24, 2.45) is 0 Å². The minimum absolute atomic E-state index is 0.0348. The molecule has 0 radical (unpaired) electrons. The van der Waals surface area contributed by atoms with Gasteiger partial charge in [0, 0.05) is 56.8 Å². The Morgan fingerprint density at radius 3 is 2.58 bits per heavy atom. The van der Waals surface area contributed by atoms with Crippen molar-refractivity contribution in [1.29, 1.82) is 0 Å². The Kier molecular flexibility index (Phi) is 9.97. The van der Waals surface area contributed by atoms with Crippen LogP contribution in [0.15, 0.2) is 48.8 Å². The van der Waals surface area contributed by atoms with E-state index in [1.165, 1.54) is 6.07 Å². The predicted molar refractivity (Wildman–Crippen MR) is 207 cm³/mol. The summed E-state index contributed by atoms with van der Waals surface area (Å²) in [7, 11) is 1.72. The van der Waals surface area contributed by atoms with Crippen LogP contribution in [0.25, 0.3) is 11.5 Å². The number of rotatable bonds is 12. The summed E-state index contributed by atoms with van der Waals surface area (Å²) in [6, 6.07) is 11.4. The van der Waals surface area contributed by atoms with Gasteiger partial charge in [-0.1, -0.05) is 12.1 Å². The smallest absolute Gasteiger partial charge is 0.264 e. The minimum Gasteiger partial charge on any atom is -0.384 e. The van der Waals surface area contributed by atoms with Crippen LogP contribution >= 0.6 is 0 Å². The number of carbonyl (C=O) groups excluding carboxylic acids is 6. The average molecular weight is 774 g/mol. The second-order valence-corrected chi connectivity index (χ2v) is 14.8. The van der Waals surface area contributed by atoms with E-state index in [0.717, 1.165) is 29.8 Å². The first-order chi connectivity index (χ1) is 27.5. The SMILES string of the molecule is CCn1cnnc1-c1cccc(N2Cc3c(cc(N4CCC[C@H]4C)nc3CN(C)C(=O)CCCNc3cccc4c3C(=O)N(C3CCC(=O)NC3=O)C4=O)C2=O)n1. The van der Waals surface area contributed by atoms with Crippen molar-refractivity contribution in [3.63, 3.8) is 0 Å². The van der Waals surface area contributed by atoms with Gasteiger partial charge in [-0.25, -0.2) is 9.97 Å². The number of carbonyl (C=O) groups is 6. The van der Waals surface area contributed by atoms with E-state index in [0.29, 0.717) is 59.6 Å². The van der Waals surface area contributed by atoms with Crippen molar-refractivity contribution in [3.05, 3.63) is 76.7 Å². The number of piperidine rings is 1. The molecule has 4 aliphatic rings. The van der Waals surface area contributed by atoms with Gasteiger partial charge in [-0.3, -0.25) is 43.9 Å². The van der Waals surface area contributed by atoms with E-state index >= 15 is 0 Å². The number of benzene rings is 1. The molecule has 3 aromatic heterocycles. The Morgan fingerprint density at radius 2 is 1.81 bits per heavy atom. The summed E-state index contributed by atoms with van der Waals surface area (Å²) in [5.74, 6) is -0.796. The Labute approximate surface area is 328 Å². The van der Waals surface area contributed by atoms with Crippen molar-refractivity contribution in [3.8, 4) is 11.5 Å². The number of imide groups is 2. The third kappa shape index (κ3) is 6.86. The van der Waals surface area contributed by atoms with Crippen LogP contribution in [0.5, 0.6) is 0 Å². The predicted octanol–water partition coefficient (Wildman–Crippen LogP) is 3.16. The Morgan fingerprint density at radius 1 is 0.982 bits per heavy atom. The first-order valence-electron chi connectivity index (χ1n) is 19.3. The largest absolute Gasteiger partial charge is 0.384 e. The van der Waals surface area contributed by atoms with Crippen LogP contribution in [0, 0.1) is 0 Å². The summed E-state index contributed by atoms with van der Waals surface area (Å²) in [5.41, 5.74) is 3.32. The molecule has 0 aliphatic carbocycles. The molecule has 17 nitrogen and oxygen atoms in total. The topological polar surface area (TPSA) is 196 Å². The second kappa shape index (κ2) is 15.2. The highest BCUT2D eigenvalue weighted by atomic mass is 16.2. The molecule has 6 amide bonds. The van der Waals surface area contributed by atoms with E-state index < -0.39 is 29.7 Å². The maximum Gasteiger partial charge on any atom is 0.264 e. The van der Waals surface area contributed by atoms with Crippen molar-refractivity contribution in [1.82, 2.24) is 39.8 Å². The van der Waals surface area contributed by atoms with Gasteiger partial charge >= 0.3 is 0 Å². The number of anilines is 3. The molecule has 2 saturated heterocycles. The van der Waals surface area contributed by atoms with Gasteiger partial charge in [0.1, 0.15) is 29.7 Å². The molecule has 0 spiro atoms. The lowest BCUT2D eigenvalue weighted by molar-refractivity contribution is -0.136. The zero-order valence-corrected chi connectivity index (χ0v) is 32.0. The summed E-state index contributed by atoms with van der Waals surface area (Å²) < 4.78 is 1.89. The van der Waals surface area contributed by atoms with Gasteiger partial charge in [-0.05, 0) is 69.9 Å². The van der Waals surface area contributed by atoms with Crippen LogP contribution in [-0.4, -0.2) is 102 Å². The lowest BCUT2D eigenvalue weighted by Gasteiger charge is -2.27. The normalized spacial score (nSPS) is 19.0. The van der Waals surface area contributed by atoms with Crippen LogP contribution in [0.3, 0.4) is 0 Å². The molecular formula is C40H43N11O6. The van der Waals surface area contributed by atoms with Crippen molar-refractivity contribution >= 4 is 52.8 Å². The summed E-state index contributed by atoms with van der Waals surface area (Å²) in [4.78, 5) is 94.8. The number of nitrogens with zero attached hydrogens (tertiary/aromatic N) is 9. The molecule has 4 aromatic rings. The molecule has 0 saturated carbocycles. The summed E-state index contributed by atoms with van der Waals surface area (Å²) >= 11 is 0. The molecular weight excluding hydrogens is 731 g/mol. The van der Waals surface area contributed by atoms with Crippen molar-refractivity contribution < 1.29 is 28.8 Å². The summed E-state index contributed by atoms with van der Waals surface area (Å²) in [6.07, 6.45) is 4.40. The zero-order chi connectivity index (χ0) is 40.0. The van der Waals surface area contributed by atoms with E-state index in [1.54, 1.807) is 41.4 Å². The van der Waals surface area contributed by atoms with Gasteiger partial charge in [0.25, 0.3) is 17.7 Å². The standard InChI is InChI=1S/C40H43N11O6/c1-4-48-22-42-46-36(48)28-12-6-13-31(43-28)50-20-26-25(38(50)55)19-32(49-18-8-9-23(49)2)44-29(26)21-47(3)34(53)14-7-17-41-27-11-5-10-24-35(27)40(57)51(39(24)56)30-15-16-33(52)45-37(30)54/h5-6,10-13,19,22-23,30,41H,4,7-9,14-18,20-21H2,1-3H3,(H,45,52,54)/t23-,30?/m1/s1. The van der Waals surface area contributed by atoms with E-state index in [4.69, 9.17) is 9.97 Å². The van der Waals surface area contributed by atoms with Gasteiger partial charge in [0.2, 0.25) is 17.7 Å². The highest BCUT2D eigenvalue weighted by molar-refractivity contribution is 6.25. The Bertz CT molecular complexity index is 2320. The number of hydrogen-bond acceptors (Lipinski definition) is 12.